The van der Waals surface area contributed by atoms with Gasteiger partial charge in [-0.25, -0.2) is 14.6 Å². The molecule has 32 heavy (non-hydrogen) atoms. The maximum atomic E-state index is 12.8. The second-order valence-corrected chi connectivity index (χ2v) is 8.92. The maximum absolute atomic E-state index is 12.8. The van der Waals surface area contributed by atoms with Crippen LogP contribution in [0, 0.1) is 0 Å². The van der Waals surface area contributed by atoms with Crippen molar-refractivity contribution in [3.63, 3.8) is 0 Å². The molecule has 1 aliphatic rings. The number of anilines is 1. The van der Waals surface area contributed by atoms with Gasteiger partial charge in [-0.3, -0.25) is 4.90 Å². The van der Waals surface area contributed by atoms with E-state index in [2.05, 4.69) is 4.98 Å². The van der Waals surface area contributed by atoms with Gasteiger partial charge in [-0.15, -0.1) is 0 Å². The summed E-state index contributed by atoms with van der Waals surface area (Å²) in [6, 6.07) is 13.3. The van der Waals surface area contributed by atoms with Gasteiger partial charge in [0, 0.05) is 19.3 Å². The van der Waals surface area contributed by atoms with E-state index < -0.39 is 11.7 Å². The van der Waals surface area contributed by atoms with E-state index in [0.29, 0.717) is 18.9 Å². The summed E-state index contributed by atoms with van der Waals surface area (Å²) in [6.45, 7) is 8.74. The van der Waals surface area contributed by atoms with Crippen molar-refractivity contribution in [1.29, 1.82) is 0 Å². The zero-order valence-corrected chi connectivity index (χ0v) is 19.4. The Morgan fingerprint density at radius 3 is 2.50 bits per heavy atom. The lowest BCUT2D eigenvalue weighted by molar-refractivity contribution is 0.0581. The second-order valence-electron chi connectivity index (χ2n) is 8.92. The van der Waals surface area contributed by atoms with E-state index >= 15 is 0 Å². The van der Waals surface area contributed by atoms with Crippen LogP contribution in [-0.2, 0) is 16.1 Å². The number of amides is 2. The van der Waals surface area contributed by atoms with Gasteiger partial charge in [0.2, 0.25) is 0 Å². The lowest BCUT2D eigenvalue weighted by atomic mass is 9.97. The molecular formula is C25H33N3O4. The van der Waals surface area contributed by atoms with Crippen LogP contribution in [0.3, 0.4) is 0 Å². The molecule has 2 heterocycles. The molecule has 0 saturated carbocycles. The van der Waals surface area contributed by atoms with Crippen LogP contribution in [0.25, 0.3) is 0 Å². The smallest absolute Gasteiger partial charge is 0.415 e. The molecule has 172 valence electrons. The van der Waals surface area contributed by atoms with Crippen LogP contribution in [0.5, 0.6) is 0 Å². The molecule has 2 aromatic rings. The van der Waals surface area contributed by atoms with Gasteiger partial charge in [0.1, 0.15) is 18.0 Å². The van der Waals surface area contributed by atoms with Crippen LogP contribution in [0.1, 0.15) is 64.1 Å². The van der Waals surface area contributed by atoms with Crippen LogP contribution >= 0.6 is 0 Å². The lowest BCUT2D eigenvalue weighted by Crippen LogP contribution is -2.39. The minimum Gasteiger partial charge on any atom is -0.445 e. The molecular weight excluding hydrogens is 406 g/mol. The number of ether oxygens (including phenoxy) is 2. The van der Waals surface area contributed by atoms with Gasteiger partial charge in [0.15, 0.2) is 0 Å². The fourth-order valence-corrected chi connectivity index (χ4v) is 3.75. The van der Waals surface area contributed by atoms with Crippen LogP contribution in [-0.4, -0.2) is 40.8 Å². The second kappa shape index (κ2) is 10.5. The number of carbonyl (C=O) groups is 2. The first-order valence-corrected chi connectivity index (χ1v) is 11.2. The molecule has 0 aliphatic carbocycles. The molecule has 7 nitrogen and oxygen atoms in total. The van der Waals surface area contributed by atoms with Gasteiger partial charge in [0.05, 0.1) is 6.04 Å². The Bertz CT molecular complexity index is 894. The summed E-state index contributed by atoms with van der Waals surface area (Å²) in [7, 11) is 0. The monoisotopic (exact) mass is 439 g/mol. The Balaban J connectivity index is 1.69. The molecule has 0 bridgehead atoms. The van der Waals surface area contributed by atoms with Crippen LogP contribution in [0.15, 0.2) is 48.7 Å². The molecule has 0 N–H and O–H groups in total. The van der Waals surface area contributed by atoms with Gasteiger partial charge >= 0.3 is 12.2 Å². The maximum Gasteiger partial charge on any atom is 0.415 e. The molecule has 0 radical (unpaired) electrons. The summed E-state index contributed by atoms with van der Waals surface area (Å²) in [6.07, 6.45) is 3.84. The number of hydrogen-bond donors (Lipinski definition) is 0. The first-order valence-electron chi connectivity index (χ1n) is 11.2. The summed E-state index contributed by atoms with van der Waals surface area (Å²) in [5, 5.41) is 0. The predicted molar refractivity (Wildman–Crippen MR) is 123 cm³/mol. The van der Waals surface area contributed by atoms with Crippen molar-refractivity contribution in [1.82, 2.24) is 9.88 Å². The van der Waals surface area contributed by atoms with Gasteiger partial charge in [-0.05, 0) is 64.2 Å². The third kappa shape index (κ3) is 6.22. The highest BCUT2D eigenvalue weighted by molar-refractivity contribution is 5.86. The first kappa shape index (κ1) is 23.6. The van der Waals surface area contributed by atoms with E-state index in [1.807, 2.05) is 70.2 Å². The first-order chi connectivity index (χ1) is 15.3. The number of nitrogens with zero attached hydrogens (tertiary/aromatic N) is 3. The lowest BCUT2D eigenvalue weighted by Gasteiger charge is -2.35. The van der Waals surface area contributed by atoms with Crippen molar-refractivity contribution < 1.29 is 19.1 Å². The summed E-state index contributed by atoms with van der Waals surface area (Å²) in [4.78, 5) is 33.1. The Labute approximate surface area is 190 Å². The fourth-order valence-electron chi connectivity index (χ4n) is 3.75. The molecule has 1 aromatic carbocycles. The molecule has 1 saturated heterocycles. The quantitative estimate of drug-likeness (QED) is 0.597. The van der Waals surface area contributed by atoms with Crippen LogP contribution in [0.2, 0.25) is 0 Å². The van der Waals surface area contributed by atoms with Gasteiger partial charge in [-0.1, -0.05) is 36.4 Å². The Kier molecular flexibility index (Phi) is 7.72. The standard InChI is InChI=1S/C25H33N3O4/c1-5-27(24(30)32-25(2,3)4)22-15-14-20(17-26-22)21-13-9-10-16-28(21)23(29)31-18-19-11-7-6-8-12-19/h6-8,11-12,14-15,17,21H,5,9-10,13,16,18H2,1-4H3/t21-/m0/s1. The minimum atomic E-state index is -0.576. The highest BCUT2D eigenvalue weighted by Crippen LogP contribution is 2.32. The third-order valence-electron chi connectivity index (χ3n) is 5.30. The Morgan fingerprint density at radius 2 is 1.88 bits per heavy atom. The highest BCUT2D eigenvalue weighted by atomic mass is 16.6. The number of piperidine rings is 1. The predicted octanol–water partition coefficient (Wildman–Crippen LogP) is 5.71. The zero-order valence-electron chi connectivity index (χ0n) is 19.4. The fraction of sp³-hybridized carbons (Fsp3) is 0.480. The van der Waals surface area contributed by atoms with Crippen LogP contribution in [0.4, 0.5) is 15.4 Å². The van der Waals surface area contributed by atoms with Crippen LogP contribution < -0.4 is 4.90 Å². The summed E-state index contributed by atoms with van der Waals surface area (Å²) >= 11 is 0. The van der Waals surface area contributed by atoms with E-state index in [-0.39, 0.29) is 18.7 Å². The van der Waals surface area contributed by atoms with E-state index in [1.165, 1.54) is 4.90 Å². The Morgan fingerprint density at radius 1 is 1.12 bits per heavy atom. The topological polar surface area (TPSA) is 72.0 Å². The molecule has 1 atom stereocenters. The van der Waals surface area contributed by atoms with Crippen molar-refractivity contribution in [3.8, 4) is 0 Å². The van der Waals surface area contributed by atoms with E-state index in [0.717, 1.165) is 30.4 Å². The average molecular weight is 440 g/mol. The number of pyridine rings is 1. The minimum absolute atomic E-state index is 0.0924. The van der Waals surface area contributed by atoms with Crippen molar-refractivity contribution in [2.45, 2.75) is 65.2 Å². The van der Waals surface area contributed by atoms with Crippen molar-refractivity contribution in [3.05, 3.63) is 59.8 Å². The average Bonchev–Trinajstić information content (AvgIpc) is 2.78. The SMILES string of the molecule is CCN(C(=O)OC(C)(C)C)c1ccc([C@@H]2CCCCN2C(=O)OCc2ccccc2)cn1. The van der Waals surface area contributed by atoms with E-state index in [4.69, 9.17) is 9.47 Å². The number of rotatable bonds is 5. The molecule has 0 spiro atoms. The zero-order chi connectivity index (χ0) is 23.1. The van der Waals surface area contributed by atoms with Crippen molar-refractivity contribution in [2.75, 3.05) is 18.0 Å². The molecule has 1 aromatic heterocycles. The number of benzene rings is 1. The molecule has 2 amide bonds. The largest absolute Gasteiger partial charge is 0.445 e. The molecule has 0 unspecified atom stereocenters. The molecule has 1 fully saturated rings. The summed E-state index contributed by atoms with van der Waals surface area (Å²) in [5.74, 6) is 0.527. The van der Waals surface area contributed by atoms with Gasteiger partial charge in [-0.2, -0.15) is 0 Å². The van der Waals surface area contributed by atoms with Crippen molar-refractivity contribution >= 4 is 18.0 Å². The normalized spacial score (nSPS) is 16.4. The summed E-state index contributed by atoms with van der Waals surface area (Å²) < 4.78 is 11.1. The van der Waals surface area contributed by atoms with E-state index in [1.54, 1.807) is 11.1 Å². The van der Waals surface area contributed by atoms with Crippen molar-refractivity contribution in [2.24, 2.45) is 0 Å². The number of likely N-dealkylation sites (tertiary alicyclic amines) is 1. The molecule has 7 heteroatoms. The van der Waals surface area contributed by atoms with E-state index in [9.17, 15) is 9.59 Å². The third-order valence-corrected chi connectivity index (χ3v) is 5.30. The number of carbonyl (C=O) groups excluding carboxylic acids is 2. The molecule has 1 aliphatic heterocycles. The summed E-state index contributed by atoms with van der Waals surface area (Å²) in [5.41, 5.74) is 1.32. The highest BCUT2D eigenvalue weighted by Gasteiger charge is 2.30. The number of aromatic nitrogens is 1. The Hall–Kier alpha value is -3.09. The van der Waals surface area contributed by atoms with Gasteiger partial charge < -0.3 is 14.4 Å². The number of hydrogen-bond acceptors (Lipinski definition) is 5. The van der Waals surface area contributed by atoms with Gasteiger partial charge in [0.25, 0.3) is 0 Å². The molecule has 3 rings (SSSR count).